The van der Waals surface area contributed by atoms with Crippen LogP contribution in [0.1, 0.15) is 26.7 Å². The fourth-order valence-corrected chi connectivity index (χ4v) is 3.25. The van der Waals surface area contributed by atoms with E-state index in [0.717, 1.165) is 12.8 Å². The summed E-state index contributed by atoms with van der Waals surface area (Å²) in [6.07, 6.45) is 2.06. The van der Waals surface area contributed by atoms with E-state index in [9.17, 15) is 0 Å². The van der Waals surface area contributed by atoms with E-state index in [1.54, 1.807) is 0 Å². The number of nitrogens with one attached hydrogen (secondary N) is 1. The molecule has 0 amide bonds. The molecule has 102 valence electrons. The monoisotopic (exact) mass is 274 g/mol. The second-order valence-electron chi connectivity index (χ2n) is 5.13. The average molecular weight is 274 g/mol. The van der Waals surface area contributed by atoms with Crippen LogP contribution in [0.3, 0.4) is 0 Å². The standard InChI is InChI=1S/C16H22N2S/c1-11-6-5-7-14(8-11)9-15(17-4)10-16-18-12(2)13(3)19-16/h5-8,15,17H,9-10H2,1-4H3. The van der Waals surface area contributed by atoms with Crippen LogP contribution in [0.5, 0.6) is 0 Å². The second-order valence-corrected chi connectivity index (χ2v) is 6.42. The van der Waals surface area contributed by atoms with Gasteiger partial charge >= 0.3 is 0 Å². The second kappa shape index (κ2) is 6.31. The first-order valence-electron chi connectivity index (χ1n) is 6.74. The number of hydrogen-bond donors (Lipinski definition) is 1. The molecule has 2 rings (SSSR count). The van der Waals surface area contributed by atoms with Crippen LogP contribution in [-0.4, -0.2) is 18.1 Å². The molecule has 0 fully saturated rings. The molecule has 0 aliphatic rings. The Morgan fingerprint density at radius 1 is 1.21 bits per heavy atom. The van der Waals surface area contributed by atoms with Gasteiger partial charge in [0.05, 0.1) is 10.7 Å². The Morgan fingerprint density at radius 2 is 2.00 bits per heavy atom. The lowest BCUT2D eigenvalue weighted by Crippen LogP contribution is -2.29. The highest BCUT2D eigenvalue weighted by Gasteiger charge is 2.12. The minimum Gasteiger partial charge on any atom is -0.316 e. The fraction of sp³-hybridized carbons (Fsp3) is 0.438. The number of hydrogen-bond acceptors (Lipinski definition) is 3. The molecule has 3 heteroatoms. The summed E-state index contributed by atoms with van der Waals surface area (Å²) in [7, 11) is 2.04. The zero-order valence-corrected chi connectivity index (χ0v) is 13.0. The quantitative estimate of drug-likeness (QED) is 0.903. The van der Waals surface area contributed by atoms with Crippen molar-refractivity contribution in [2.24, 2.45) is 0 Å². The van der Waals surface area contributed by atoms with Crippen LogP contribution in [0.25, 0.3) is 0 Å². The van der Waals surface area contributed by atoms with Crippen LogP contribution in [0.4, 0.5) is 0 Å². The maximum atomic E-state index is 4.64. The molecule has 1 unspecified atom stereocenters. The van der Waals surface area contributed by atoms with Crippen molar-refractivity contribution in [1.29, 1.82) is 0 Å². The van der Waals surface area contributed by atoms with Gasteiger partial charge in [0.15, 0.2) is 0 Å². The summed E-state index contributed by atoms with van der Waals surface area (Å²) in [4.78, 5) is 5.97. The van der Waals surface area contributed by atoms with Crippen molar-refractivity contribution in [2.45, 2.75) is 39.7 Å². The molecule has 19 heavy (non-hydrogen) atoms. The van der Waals surface area contributed by atoms with E-state index in [-0.39, 0.29) is 0 Å². The highest BCUT2D eigenvalue weighted by Crippen LogP contribution is 2.19. The minimum atomic E-state index is 0.451. The van der Waals surface area contributed by atoms with E-state index in [0.29, 0.717) is 6.04 Å². The molecule has 2 nitrogen and oxygen atoms in total. The van der Waals surface area contributed by atoms with Gasteiger partial charge in [-0.05, 0) is 39.8 Å². The highest BCUT2D eigenvalue weighted by molar-refractivity contribution is 7.11. The highest BCUT2D eigenvalue weighted by atomic mass is 32.1. The molecule has 1 aromatic heterocycles. The van der Waals surface area contributed by atoms with Crippen molar-refractivity contribution in [2.75, 3.05) is 7.05 Å². The van der Waals surface area contributed by atoms with Gasteiger partial charge in [0.1, 0.15) is 0 Å². The van der Waals surface area contributed by atoms with Gasteiger partial charge in [0.2, 0.25) is 0 Å². The van der Waals surface area contributed by atoms with Gasteiger partial charge in [-0.15, -0.1) is 11.3 Å². The number of likely N-dealkylation sites (N-methyl/N-ethyl adjacent to an activating group) is 1. The molecule has 0 saturated heterocycles. The van der Waals surface area contributed by atoms with Crippen LogP contribution in [0.2, 0.25) is 0 Å². The van der Waals surface area contributed by atoms with E-state index >= 15 is 0 Å². The molecular weight excluding hydrogens is 252 g/mol. The third-order valence-electron chi connectivity index (χ3n) is 3.47. The molecule has 0 bridgehead atoms. The van der Waals surface area contributed by atoms with E-state index < -0.39 is 0 Å². The third-order valence-corrected chi connectivity index (χ3v) is 4.56. The molecule has 0 saturated carbocycles. The van der Waals surface area contributed by atoms with E-state index in [4.69, 9.17) is 0 Å². The Bertz CT molecular complexity index is 526. The fourth-order valence-electron chi connectivity index (χ4n) is 2.24. The van der Waals surface area contributed by atoms with Crippen molar-refractivity contribution < 1.29 is 0 Å². The maximum Gasteiger partial charge on any atom is 0.0946 e. The molecular formula is C16H22N2S. The summed E-state index contributed by atoms with van der Waals surface area (Å²) in [5.41, 5.74) is 3.89. The molecule has 1 aromatic carbocycles. The Kier molecular flexibility index (Phi) is 4.72. The zero-order chi connectivity index (χ0) is 13.8. The van der Waals surface area contributed by atoms with Crippen LogP contribution in [0, 0.1) is 20.8 Å². The summed E-state index contributed by atoms with van der Waals surface area (Å²) >= 11 is 1.82. The Hall–Kier alpha value is -1.19. The number of aromatic nitrogens is 1. The topological polar surface area (TPSA) is 24.9 Å². The lowest BCUT2D eigenvalue weighted by atomic mass is 10.0. The SMILES string of the molecule is CNC(Cc1cccc(C)c1)Cc1nc(C)c(C)s1. The molecule has 2 aromatic rings. The summed E-state index contributed by atoms with van der Waals surface area (Å²) in [6, 6.07) is 9.20. The lowest BCUT2D eigenvalue weighted by molar-refractivity contribution is 0.555. The van der Waals surface area contributed by atoms with E-state index in [1.807, 2.05) is 18.4 Å². The zero-order valence-electron chi connectivity index (χ0n) is 12.2. The van der Waals surface area contributed by atoms with Gasteiger partial charge in [-0.2, -0.15) is 0 Å². The Labute approximate surface area is 119 Å². The third kappa shape index (κ3) is 3.88. The van der Waals surface area contributed by atoms with Crippen molar-refractivity contribution in [3.05, 3.63) is 51.0 Å². The summed E-state index contributed by atoms with van der Waals surface area (Å²) < 4.78 is 0. The van der Waals surface area contributed by atoms with E-state index in [1.165, 1.54) is 26.7 Å². The molecule has 1 N–H and O–H groups in total. The van der Waals surface area contributed by atoms with Crippen LogP contribution < -0.4 is 5.32 Å². The first-order chi connectivity index (χ1) is 9.08. The maximum absolute atomic E-state index is 4.64. The molecule has 0 spiro atoms. The van der Waals surface area contributed by atoms with Gasteiger partial charge in [-0.1, -0.05) is 29.8 Å². The van der Waals surface area contributed by atoms with Crippen LogP contribution in [-0.2, 0) is 12.8 Å². The predicted octanol–water partition coefficient (Wildman–Crippen LogP) is 3.44. The molecule has 0 aliphatic carbocycles. The summed E-state index contributed by atoms with van der Waals surface area (Å²) in [5, 5.41) is 4.65. The summed E-state index contributed by atoms with van der Waals surface area (Å²) in [6.45, 7) is 6.38. The summed E-state index contributed by atoms with van der Waals surface area (Å²) in [5.74, 6) is 0. The molecule has 0 radical (unpaired) electrons. The number of nitrogens with zero attached hydrogens (tertiary/aromatic N) is 1. The normalized spacial score (nSPS) is 12.6. The van der Waals surface area contributed by atoms with Gasteiger partial charge in [-0.3, -0.25) is 0 Å². The van der Waals surface area contributed by atoms with Gasteiger partial charge < -0.3 is 5.32 Å². The van der Waals surface area contributed by atoms with E-state index in [2.05, 4.69) is 55.3 Å². The van der Waals surface area contributed by atoms with Crippen LogP contribution >= 0.6 is 11.3 Å². The first-order valence-corrected chi connectivity index (χ1v) is 7.56. The Balaban J connectivity index is 2.04. The van der Waals surface area contributed by atoms with Crippen LogP contribution in [0.15, 0.2) is 24.3 Å². The van der Waals surface area contributed by atoms with Crippen molar-refractivity contribution in [3.8, 4) is 0 Å². The van der Waals surface area contributed by atoms with Gasteiger partial charge in [0, 0.05) is 17.3 Å². The smallest absolute Gasteiger partial charge is 0.0946 e. The molecule has 1 atom stereocenters. The van der Waals surface area contributed by atoms with Crippen molar-refractivity contribution in [3.63, 3.8) is 0 Å². The minimum absolute atomic E-state index is 0.451. The Morgan fingerprint density at radius 3 is 2.58 bits per heavy atom. The average Bonchev–Trinajstić information content (AvgIpc) is 2.67. The number of rotatable bonds is 5. The van der Waals surface area contributed by atoms with Crippen molar-refractivity contribution in [1.82, 2.24) is 10.3 Å². The number of benzene rings is 1. The first kappa shape index (κ1) is 14.2. The number of thiazole rings is 1. The molecule has 0 aliphatic heterocycles. The van der Waals surface area contributed by atoms with Gasteiger partial charge in [0.25, 0.3) is 0 Å². The molecule has 1 heterocycles. The largest absolute Gasteiger partial charge is 0.316 e. The van der Waals surface area contributed by atoms with Gasteiger partial charge in [-0.25, -0.2) is 4.98 Å². The van der Waals surface area contributed by atoms with Crippen molar-refractivity contribution >= 4 is 11.3 Å². The predicted molar refractivity (Wildman–Crippen MR) is 83.0 cm³/mol. The lowest BCUT2D eigenvalue weighted by Gasteiger charge is -2.15. The number of aryl methyl sites for hydroxylation is 3.